The Morgan fingerprint density at radius 2 is 1.80 bits per heavy atom. The first-order chi connectivity index (χ1) is 17.1. The molecule has 0 aliphatic carbocycles. The number of benzene rings is 3. The third-order valence-electron chi connectivity index (χ3n) is 5.87. The Kier molecular flexibility index (Phi) is 6.34. The van der Waals surface area contributed by atoms with Gasteiger partial charge in [0.2, 0.25) is 12.7 Å². The Hall–Kier alpha value is -4.33. The fourth-order valence-electron chi connectivity index (χ4n) is 4.07. The predicted octanol–water partition coefficient (Wildman–Crippen LogP) is 4.07. The van der Waals surface area contributed by atoms with Gasteiger partial charge in [-0.05, 0) is 49.7 Å². The Bertz CT molecular complexity index is 1380. The Labute approximate surface area is 202 Å². The summed E-state index contributed by atoms with van der Waals surface area (Å²) in [5, 5.41) is 5.88. The first kappa shape index (κ1) is 22.5. The van der Waals surface area contributed by atoms with Crippen molar-refractivity contribution in [1.82, 2.24) is 14.9 Å². The number of anilines is 1. The summed E-state index contributed by atoms with van der Waals surface area (Å²) in [5.41, 5.74) is 4.13. The zero-order valence-corrected chi connectivity index (χ0v) is 19.4. The van der Waals surface area contributed by atoms with Gasteiger partial charge >= 0.3 is 0 Å². The zero-order chi connectivity index (χ0) is 24.2. The molecule has 3 aromatic carbocycles. The lowest BCUT2D eigenvalue weighted by Gasteiger charge is -2.11. The van der Waals surface area contributed by atoms with E-state index in [1.165, 1.54) is 0 Å². The molecule has 8 nitrogen and oxygen atoms in total. The zero-order valence-electron chi connectivity index (χ0n) is 19.4. The third kappa shape index (κ3) is 5.11. The van der Waals surface area contributed by atoms with Crippen LogP contribution in [0.15, 0.2) is 66.7 Å². The number of nitrogens with one attached hydrogen (secondary N) is 2. The summed E-state index contributed by atoms with van der Waals surface area (Å²) in [7, 11) is 0. The molecule has 8 heteroatoms. The van der Waals surface area contributed by atoms with E-state index in [0.717, 1.165) is 22.4 Å². The number of imidazole rings is 1. The van der Waals surface area contributed by atoms with Crippen LogP contribution in [0, 0.1) is 6.92 Å². The van der Waals surface area contributed by atoms with Gasteiger partial charge in [0.25, 0.3) is 5.91 Å². The van der Waals surface area contributed by atoms with E-state index >= 15 is 0 Å². The summed E-state index contributed by atoms with van der Waals surface area (Å²) in [5.74, 6) is 1.82. The molecule has 1 aromatic heterocycles. The fourth-order valence-corrected chi connectivity index (χ4v) is 4.07. The number of rotatable bonds is 8. The summed E-state index contributed by atoms with van der Waals surface area (Å²) in [4.78, 5) is 30.0. The van der Waals surface area contributed by atoms with Crippen LogP contribution in [-0.2, 0) is 17.8 Å². The highest BCUT2D eigenvalue weighted by Gasteiger charge is 2.16. The van der Waals surface area contributed by atoms with E-state index in [2.05, 4.69) is 10.6 Å². The smallest absolute Gasteiger partial charge is 0.251 e. The molecule has 2 heterocycles. The SMILES string of the molecule is Cc1ccc(C(=O)NCCCc2nc3ccccc3n2CC(=O)Nc2ccc3c(c2)OCO3)cc1. The molecule has 1 aliphatic heterocycles. The van der Waals surface area contributed by atoms with E-state index in [1.54, 1.807) is 18.2 Å². The Morgan fingerprint density at radius 3 is 2.66 bits per heavy atom. The minimum Gasteiger partial charge on any atom is -0.454 e. The second-order valence-corrected chi connectivity index (χ2v) is 8.44. The van der Waals surface area contributed by atoms with Gasteiger partial charge in [0, 0.05) is 30.3 Å². The molecule has 0 saturated heterocycles. The fraction of sp³-hybridized carbons (Fsp3) is 0.222. The second kappa shape index (κ2) is 9.89. The lowest BCUT2D eigenvalue weighted by Crippen LogP contribution is -2.25. The molecule has 2 N–H and O–H groups in total. The quantitative estimate of drug-likeness (QED) is 0.379. The van der Waals surface area contributed by atoms with Crippen LogP contribution in [0.1, 0.15) is 28.2 Å². The number of hydrogen-bond acceptors (Lipinski definition) is 5. The summed E-state index contributed by atoms with van der Waals surface area (Å²) >= 11 is 0. The van der Waals surface area contributed by atoms with Gasteiger partial charge in [0.1, 0.15) is 12.4 Å². The van der Waals surface area contributed by atoms with E-state index in [0.29, 0.717) is 42.1 Å². The second-order valence-electron chi connectivity index (χ2n) is 8.44. The van der Waals surface area contributed by atoms with Gasteiger partial charge in [-0.3, -0.25) is 9.59 Å². The van der Waals surface area contributed by atoms with E-state index in [-0.39, 0.29) is 25.2 Å². The van der Waals surface area contributed by atoms with Crippen molar-refractivity contribution in [2.75, 3.05) is 18.7 Å². The van der Waals surface area contributed by atoms with Crippen molar-refractivity contribution in [2.45, 2.75) is 26.3 Å². The van der Waals surface area contributed by atoms with Crippen LogP contribution in [0.5, 0.6) is 11.5 Å². The van der Waals surface area contributed by atoms with Crippen molar-refractivity contribution in [3.8, 4) is 11.5 Å². The largest absolute Gasteiger partial charge is 0.454 e. The van der Waals surface area contributed by atoms with E-state index in [1.807, 2.05) is 60.0 Å². The molecule has 0 bridgehead atoms. The van der Waals surface area contributed by atoms with Crippen LogP contribution in [-0.4, -0.2) is 34.7 Å². The number of nitrogens with zero attached hydrogens (tertiary/aromatic N) is 2. The molecule has 0 fully saturated rings. The first-order valence-electron chi connectivity index (χ1n) is 11.6. The number of hydrogen-bond donors (Lipinski definition) is 2. The van der Waals surface area contributed by atoms with Gasteiger partial charge in [-0.25, -0.2) is 4.98 Å². The average molecular weight is 471 g/mol. The molecular formula is C27H26N4O4. The highest BCUT2D eigenvalue weighted by atomic mass is 16.7. The number of fused-ring (bicyclic) bond motifs is 2. The lowest BCUT2D eigenvalue weighted by atomic mass is 10.1. The number of amides is 2. The predicted molar refractivity (Wildman–Crippen MR) is 133 cm³/mol. The molecule has 178 valence electrons. The lowest BCUT2D eigenvalue weighted by molar-refractivity contribution is -0.116. The number of ether oxygens (including phenoxy) is 2. The standard InChI is InChI=1S/C27H26N4O4/c1-18-8-10-19(11-9-18)27(33)28-14-4-7-25-30-21-5-2-3-6-22(21)31(25)16-26(32)29-20-12-13-23-24(15-20)35-17-34-23/h2-3,5-6,8-13,15H,4,7,14,16-17H2,1H3,(H,28,33)(H,29,32). The van der Waals surface area contributed by atoms with Crippen LogP contribution in [0.4, 0.5) is 5.69 Å². The molecule has 2 amide bonds. The summed E-state index contributed by atoms with van der Waals surface area (Å²) < 4.78 is 12.6. The molecule has 4 aromatic rings. The van der Waals surface area contributed by atoms with Crippen LogP contribution in [0.25, 0.3) is 11.0 Å². The van der Waals surface area contributed by atoms with Crippen LogP contribution in [0.2, 0.25) is 0 Å². The summed E-state index contributed by atoms with van der Waals surface area (Å²) in [6.07, 6.45) is 1.32. The molecule has 0 radical (unpaired) electrons. The number of aryl methyl sites for hydroxylation is 2. The van der Waals surface area contributed by atoms with Gasteiger partial charge in [-0.15, -0.1) is 0 Å². The molecule has 0 spiro atoms. The van der Waals surface area contributed by atoms with Crippen molar-refractivity contribution in [1.29, 1.82) is 0 Å². The monoisotopic (exact) mass is 470 g/mol. The minimum atomic E-state index is -0.166. The number of carbonyl (C=O) groups is 2. The topological polar surface area (TPSA) is 94.5 Å². The van der Waals surface area contributed by atoms with E-state index in [9.17, 15) is 9.59 Å². The van der Waals surface area contributed by atoms with Gasteiger partial charge in [-0.2, -0.15) is 0 Å². The van der Waals surface area contributed by atoms with Gasteiger partial charge in [0.05, 0.1) is 11.0 Å². The van der Waals surface area contributed by atoms with Crippen molar-refractivity contribution in [3.05, 3.63) is 83.7 Å². The molecular weight excluding hydrogens is 444 g/mol. The summed E-state index contributed by atoms with van der Waals surface area (Å²) in [6, 6.07) is 20.6. The molecule has 0 unspecified atom stereocenters. The van der Waals surface area contributed by atoms with Crippen molar-refractivity contribution in [3.63, 3.8) is 0 Å². The van der Waals surface area contributed by atoms with Gasteiger partial charge in [-0.1, -0.05) is 29.8 Å². The van der Waals surface area contributed by atoms with Crippen molar-refractivity contribution >= 4 is 28.5 Å². The molecule has 1 aliphatic rings. The number of para-hydroxylation sites is 2. The van der Waals surface area contributed by atoms with E-state index in [4.69, 9.17) is 14.5 Å². The maximum absolute atomic E-state index is 12.9. The van der Waals surface area contributed by atoms with Crippen LogP contribution in [0.3, 0.4) is 0 Å². The maximum atomic E-state index is 12.9. The summed E-state index contributed by atoms with van der Waals surface area (Å²) in [6.45, 7) is 2.81. The molecule has 0 atom stereocenters. The third-order valence-corrected chi connectivity index (χ3v) is 5.87. The maximum Gasteiger partial charge on any atom is 0.251 e. The molecule has 5 rings (SSSR count). The number of carbonyl (C=O) groups excluding carboxylic acids is 2. The minimum absolute atomic E-state index is 0.0957. The van der Waals surface area contributed by atoms with E-state index < -0.39 is 0 Å². The van der Waals surface area contributed by atoms with Crippen molar-refractivity contribution < 1.29 is 19.1 Å². The highest BCUT2D eigenvalue weighted by molar-refractivity contribution is 5.94. The number of aromatic nitrogens is 2. The Morgan fingerprint density at radius 1 is 1.00 bits per heavy atom. The van der Waals surface area contributed by atoms with Gasteiger partial charge in [0.15, 0.2) is 11.5 Å². The normalized spacial score (nSPS) is 12.0. The van der Waals surface area contributed by atoms with Gasteiger partial charge < -0.3 is 24.7 Å². The Balaban J connectivity index is 1.23. The van der Waals surface area contributed by atoms with Crippen molar-refractivity contribution in [2.24, 2.45) is 0 Å². The first-order valence-corrected chi connectivity index (χ1v) is 11.6. The highest BCUT2D eigenvalue weighted by Crippen LogP contribution is 2.34. The molecule has 0 saturated carbocycles. The van der Waals surface area contributed by atoms with Crippen LogP contribution < -0.4 is 20.1 Å². The average Bonchev–Trinajstić information content (AvgIpc) is 3.46. The molecule has 35 heavy (non-hydrogen) atoms. The van der Waals surface area contributed by atoms with Crippen LogP contribution >= 0.6 is 0 Å².